The molecule has 0 unspecified atom stereocenters. The zero-order chi connectivity index (χ0) is 13.5. The molecule has 0 aromatic rings. The summed E-state index contributed by atoms with van der Waals surface area (Å²) in [5.74, 6) is -0.239. The van der Waals surface area contributed by atoms with E-state index in [1.54, 1.807) is 9.80 Å². The molecule has 0 heterocycles. The molecule has 1 N–H and O–H groups in total. The molecule has 0 aromatic carbocycles. The first-order valence-corrected chi connectivity index (χ1v) is 6.76. The summed E-state index contributed by atoms with van der Waals surface area (Å²) in [5.41, 5.74) is 0. The van der Waals surface area contributed by atoms with Gasteiger partial charge in [-0.3, -0.25) is 4.79 Å². The van der Waals surface area contributed by atoms with E-state index in [2.05, 4.69) is 0 Å². The lowest BCUT2D eigenvalue weighted by atomic mass is 10.1. The molecule has 1 aliphatic rings. The minimum Gasteiger partial charge on any atom is -0.481 e. The largest absolute Gasteiger partial charge is 0.481 e. The van der Waals surface area contributed by atoms with E-state index < -0.39 is 5.97 Å². The van der Waals surface area contributed by atoms with Gasteiger partial charge in [0.1, 0.15) is 0 Å². The Hall–Kier alpha value is -1.26. The number of aliphatic carboxylic acids is 1. The number of carboxylic acid groups (broad SMARTS) is 1. The van der Waals surface area contributed by atoms with Crippen LogP contribution in [0.5, 0.6) is 0 Å². The highest BCUT2D eigenvalue weighted by Crippen LogP contribution is 2.25. The molecular formula is C13H24N2O3. The first-order valence-electron chi connectivity index (χ1n) is 6.76. The quantitative estimate of drug-likeness (QED) is 0.791. The monoisotopic (exact) mass is 256 g/mol. The number of carboxylic acids is 1. The molecule has 0 spiro atoms. The Morgan fingerprint density at radius 2 is 1.89 bits per heavy atom. The maximum atomic E-state index is 12.1. The van der Waals surface area contributed by atoms with Crippen LogP contribution in [0, 0.1) is 5.92 Å². The van der Waals surface area contributed by atoms with Gasteiger partial charge in [0.05, 0.1) is 6.42 Å². The molecule has 0 aliphatic heterocycles. The maximum Gasteiger partial charge on any atom is 0.319 e. The summed E-state index contributed by atoms with van der Waals surface area (Å²) in [6, 6.07) is -0.0503. The third-order valence-corrected chi connectivity index (χ3v) is 3.58. The molecule has 18 heavy (non-hydrogen) atoms. The summed E-state index contributed by atoms with van der Waals surface area (Å²) in [7, 11) is 1.81. The van der Waals surface area contributed by atoms with Gasteiger partial charge in [0.15, 0.2) is 0 Å². The van der Waals surface area contributed by atoms with E-state index >= 15 is 0 Å². The number of urea groups is 1. The Bertz CT molecular complexity index is 288. The summed E-state index contributed by atoms with van der Waals surface area (Å²) in [5, 5.41) is 8.66. The van der Waals surface area contributed by atoms with Gasteiger partial charge < -0.3 is 14.9 Å². The number of amides is 2. The van der Waals surface area contributed by atoms with Crippen LogP contribution in [-0.2, 0) is 4.79 Å². The van der Waals surface area contributed by atoms with Crippen molar-refractivity contribution in [1.82, 2.24) is 9.80 Å². The molecule has 1 fully saturated rings. The predicted octanol–water partition coefficient (Wildman–Crippen LogP) is 2.02. The van der Waals surface area contributed by atoms with Crippen LogP contribution in [0.4, 0.5) is 4.79 Å². The second-order valence-electron chi connectivity index (χ2n) is 5.04. The fourth-order valence-corrected chi connectivity index (χ4v) is 2.52. The number of nitrogens with zero attached hydrogens (tertiary/aromatic N) is 2. The Morgan fingerprint density at radius 1 is 1.28 bits per heavy atom. The molecule has 2 amide bonds. The van der Waals surface area contributed by atoms with Gasteiger partial charge in [-0.05, 0) is 25.7 Å². The van der Waals surface area contributed by atoms with Crippen molar-refractivity contribution in [3.63, 3.8) is 0 Å². The molecule has 0 aromatic heterocycles. The zero-order valence-corrected chi connectivity index (χ0v) is 11.4. The van der Waals surface area contributed by atoms with Gasteiger partial charge >= 0.3 is 12.0 Å². The van der Waals surface area contributed by atoms with Crippen LogP contribution < -0.4 is 0 Å². The minimum absolute atomic E-state index is 0.0108. The van der Waals surface area contributed by atoms with E-state index in [4.69, 9.17) is 5.11 Å². The van der Waals surface area contributed by atoms with Gasteiger partial charge in [-0.1, -0.05) is 12.8 Å². The number of carbonyl (C=O) groups is 2. The van der Waals surface area contributed by atoms with Crippen LogP contribution in [0.3, 0.4) is 0 Å². The molecule has 104 valence electrons. The summed E-state index contributed by atoms with van der Waals surface area (Å²) in [4.78, 5) is 26.0. The highest BCUT2D eigenvalue weighted by Gasteiger charge is 2.22. The van der Waals surface area contributed by atoms with Gasteiger partial charge in [-0.15, -0.1) is 0 Å². The Balaban J connectivity index is 2.40. The van der Waals surface area contributed by atoms with E-state index in [9.17, 15) is 9.59 Å². The summed E-state index contributed by atoms with van der Waals surface area (Å²) >= 11 is 0. The minimum atomic E-state index is -0.861. The second-order valence-corrected chi connectivity index (χ2v) is 5.04. The molecule has 1 aliphatic carbocycles. The molecule has 0 radical (unpaired) electrons. The van der Waals surface area contributed by atoms with Crippen LogP contribution in [0.25, 0.3) is 0 Å². The van der Waals surface area contributed by atoms with Crippen molar-refractivity contribution in [3.05, 3.63) is 0 Å². The number of carbonyl (C=O) groups excluding carboxylic acids is 1. The molecule has 0 atom stereocenters. The molecular weight excluding hydrogens is 232 g/mol. The Morgan fingerprint density at radius 3 is 2.39 bits per heavy atom. The van der Waals surface area contributed by atoms with Crippen LogP contribution in [0.2, 0.25) is 0 Å². The highest BCUT2D eigenvalue weighted by molar-refractivity contribution is 5.75. The number of hydrogen-bond donors (Lipinski definition) is 1. The molecule has 5 nitrogen and oxygen atoms in total. The first-order chi connectivity index (χ1) is 8.54. The van der Waals surface area contributed by atoms with Gasteiger partial charge in [0.25, 0.3) is 0 Å². The topological polar surface area (TPSA) is 60.9 Å². The lowest BCUT2D eigenvalue weighted by Gasteiger charge is -2.28. The SMILES string of the molecule is CCN(CCC(=O)O)C(=O)N(C)CC1CCCC1. The van der Waals surface area contributed by atoms with Crippen LogP contribution in [0.15, 0.2) is 0 Å². The number of hydrogen-bond acceptors (Lipinski definition) is 2. The lowest BCUT2D eigenvalue weighted by Crippen LogP contribution is -2.43. The smallest absolute Gasteiger partial charge is 0.319 e. The standard InChI is InChI=1S/C13H24N2O3/c1-3-15(9-8-12(16)17)13(18)14(2)10-11-6-4-5-7-11/h11H,3-10H2,1-2H3,(H,16,17). The fourth-order valence-electron chi connectivity index (χ4n) is 2.52. The van der Waals surface area contributed by atoms with Crippen molar-refractivity contribution < 1.29 is 14.7 Å². The summed E-state index contributed by atoms with van der Waals surface area (Å²) < 4.78 is 0. The molecule has 1 saturated carbocycles. The van der Waals surface area contributed by atoms with Gasteiger partial charge in [0.2, 0.25) is 0 Å². The van der Waals surface area contributed by atoms with E-state index in [0.29, 0.717) is 19.0 Å². The van der Waals surface area contributed by atoms with E-state index in [1.807, 2.05) is 14.0 Å². The predicted molar refractivity (Wildman–Crippen MR) is 69.5 cm³/mol. The van der Waals surface area contributed by atoms with E-state index in [1.165, 1.54) is 25.7 Å². The van der Waals surface area contributed by atoms with Gasteiger partial charge in [0, 0.05) is 26.7 Å². The van der Waals surface area contributed by atoms with Crippen molar-refractivity contribution in [3.8, 4) is 0 Å². The average Bonchev–Trinajstić information content (AvgIpc) is 2.81. The van der Waals surface area contributed by atoms with Crippen molar-refractivity contribution in [2.45, 2.75) is 39.0 Å². The van der Waals surface area contributed by atoms with Crippen molar-refractivity contribution in [2.24, 2.45) is 5.92 Å². The normalized spacial score (nSPS) is 15.7. The van der Waals surface area contributed by atoms with Crippen LogP contribution in [0.1, 0.15) is 39.0 Å². The van der Waals surface area contributed by atoms with Crippen molar-refractivity contribution in [1.29, 1.82) is 0 Å². The van der Waals surface area contributed by atoms with Crippen LogP contribution in [-0.4, -0.2) is 53.6 Å². The van der Waals surface area contributed by atoms with E-state index in [-0.39, 0.29) is 12.5 Å². The molecule has 0 saturated heterocycles. The molecule has 5 heteroatoms. The second kappa shape index (κ2) is 7.24. The third kappa shape index (κ3) is 4.55. The number of rotatable bonds is 6. The first kappa shape index (κ1) is 14.8. The third-order valence-electron chi connectivity index (χ3n) is 3.58. The molecule has 0 bridgehead atoms. The van der Waals surface area contributed by atoms with E-state index in [0.717, 1.165) is 6.54 Å². The van der Waals surface area contributed by atoms with Crippen molar-refractivity contribution in [2.75, 3.05) is 26.7 Å². The Labute approximate surface area is 109 Å². The lowest BCUT2D eigenvalue weighted by molar-refractivity contribution is -0.137. The van der Waals surface area contributed by atoms with Crippen molar-refractivity contribution >= 4 is 12.0 Å². The average molecular weight is 256 g/mol. The zero-order valence-electron chi connectivity index (χ0n) is 11.4. The van der Waals surface area contributed by atoms with Gasteiger partial charge in [-0.25, -0.2) is 4.79 Å². The molecule has 1 rings (SSSR count). The highest BCUT2D eigenvalue weighted by atomic mass is 16.4. The maximum absolute atomic E-state index is 12.1. The van der Waals surface area contributed by atoms with Gasteiger partial charge in [-0.2, -0.15) is 0 Å². The Kier molecular flexibility index (Phi) is 5.95. The summed E-state index contributed by atoms with van der Waals surface area (Å²) in [6.45, 7) is 3.52. The summed E-state index contributed by atoms with van der Waals surface area (Å²) in [6.07, 6.45) is 4.96. The van der Waals surface area contributed by atoms with Crippen LogP contribution >= 0.6 is 0 Å². The fraction of sp³-hybridized carbons (Fsp3) is 0.846.